The molecule has 0 spiro atoms. The molecule has 1 heterocycles. The number of hydrogen-bond acceptors (Lipinski definition) is 7. The third-order valence-electron chi connectivity index (χ3n) is 3.67. The van der Waals surface area contributed by atoms with Crippen LogP contribution in [0.5, 0.6) is 11.5 Å². The van der Waals surface area contributed by atoms with E-state index < -0.39 is 16.5 Å². The lowest BCUT2D eigenvalue weighted by Gasteiger charge is -2.21. The number of aliphatic hydroxyl groups excluding tert-OH is 1. The minimum Gasteiger partial charge on any atom is -0.508 e. The minimum atomic E-state index is -4.01. The van der Waals surface area contributed by atoms with Crippen LogP contribution in [0, 0.1) is 6.92 Å². The van der Waals surface area contributed by atoms with Gasteiger partial charge in [0.05, 0.1) is 0 Å². The van der Waals surface area contributed by atoms with Crippen molar-refractivity contribution in [3.8, 4) is 11.5 Å². The van der Waals surface area contributed by atoms with E-state index in [0.717, 1.165) is 0 Å². The van der Waals surface area contributed by atoms with Crippen molar-refractivity contribution in [2.24, 2.45) is 0 Å². The zero-order valence-corrected chi connectivity index (χ0v) is 13.8. The Hall–Kier alpha value is -2.29. The highest BCUT2D eigenvalue weighted by Crippen LogP contribution is 2.26. The van der Waals surface area contributed by atoms with Gasteiger partial charge in [0.2, 0.25) is 0 Å². The number of hydrogen-bond donors (Lipinski definition) is 3. The molecule has 1 saturated heterocycles. The smallest absolute Gasteiger partial charge is 0.339 e. The Labute approximate surface area is 140 Å². The Morgan fingerprint density at radius 2 is 1.92 bits per heavy atom. The highest BCUT2D eigenvalue weighted by atomic mass is 32.2. The van der Waals surface area contributed by atoms with Crippen molar-refractivity contribution >= 4 is 15.8 Å². The molecule has 24 heavy (non-hydrogen) atoms. The van der Waals surface area contributed by atoms with E-state index in [2.05, 4.69) is 5.32 Å². The Bertz CT molecular complexity index is 816. The maximum Gasteiger partial charge on any atom is 0.339 e. The predicted octanol–water partition coefficient (Wildman–Crippen LogP) is 1.15. The largest absolute Gasteiger partial charge is 0.508 e. The maximum absolute atomic E-state index is 12.3. The molecule has 0 radical (unpaired) electrons. The zero-order chi connectivity index (χ0) is 17.3. The number of aromatic hydroxyl groups is 1. The number of phenols is 1. The molecule has 1 aliphatic heterocycles. The van der Waals surface area contributed by atoms with Gasteiger partial charge in [-0.05, 0) is 48.9 Å². The fourth-order valence-corrected chi connectivity index (χ4v) is 3.49. The lowest BCUT2D eigenvalue weighted by molar-refractivity contribution is 0.163. The molecule has 0 bridgehead atoms. The third kappa shape index (κ3) is 3.45. The Balaban J connectivity index is 1.82. The maximum atomic E-state index is 12.3. The van der Waals surface area contributed by atoms with Crippen LogP contribution in [-0.2, 0) is 10.1 Å². The molecule has 128 valence electrons. The molecule has 2 aromatic carbocycles. The topological polar surface area (TPSA) is 99.1 Å². The molecule has 7 nitrogen and oxygen atoms in total. The molecular formula is C16H18N2O5S. The molecule has 1 aliphatic rings. The van der Waals surface area contributed by atoms with Gasteiger partial charge in [0.25, 0.3) is 0 Å². The standard InChI is InChI=1S/C16H18N2O5S/c1-11-8-13(19)10-14(9-11)23-24(21,22)15-4-2-12(3-5-15)18-7-6-17-16(18)20/h2-5,8-10,16-17,19-20H,6-7H2,1H3. The van der Waals surface area contributed by atoms with Crippen LogP contribution in [0.15, 0.2) is 47.4 Å². The highest BCUT2D eigenvalue weighted by Gasteiger charge is 2.23. The monoisotopic (exact) mass is 350 g/mol. The first-order chi connectivity index (χ1) is 11.3. The van der Waals surface area contributed by atoms with E-state index in [1.807, 2.05) is 0 Å². The van der Waals surface area contributed by atoms with E-state index in [9.17, 15) is 18.6 Å². The van der Waals surface area contributed by atoms with Gasteiger partial charge in [-0.1, -0.05) is 0 Å². The first-order valence-corrected chi connectivity index (χ1v) is 8.79. The summed E-state index contributed by atoms with van der Waals surface area (Å²) in [7, 11) is -4.01. The van der Waals surface area contributed by atoms with Crippen LogP contribution in [-0.4, -0.2) is 38.1 Å². The number of nitrogens with one attached hydrogen (secondary N) is 1. The summed E-state index contributed by atoms with van der Waals surface area (Å²) in [5.41, 5.74) is 1.39. The molecule has 3 N–H and O–H groups in total. The Kier molecular flexibility index (Phi) is 4.35. The first kappa shape index (κ1) is 16.6. The molecule has 0 aromatic heterocycles. The summed E-state index contributed by atoms with van der Waals surface area (Å²) in [6, 6.07) is 10.3. The summed E-state index contributed by atoms with van der Waals surface area (Å²) in [6.07, 6.45) is -0.779. The number of phenolic OH excluding ortho intramolecular Hbond substituents is 1. The lowest BCUT2D eigenvalue weighted by Crippen LogP contribution is -2.35. The van der Waals surface area contributed by atoms with Gasteiger partial charge < -0.3 is 19.3 Å². The quantitative estimate of drug-likeness (QED) is 0.712. The lowest BCUT2D eigenvalue weighted by atomic mass is 10.2. The van der Waals surface area contributed by atoms with Crippen molar-refractivity contribution < 1.29 is 22.8 Å². The number of aryl methyl sites for hydroxylation is 1. The second kappa shape index (κ2) is 6.31. The minimum absolute atomic E-state index is 0.00566. The molecule has 8 heteroatoms. The molecule has 0 amide bonds. The predicted molar refractivity (Wildman–Crippen MR) is 88.5 cm³/mol. The summed E-state index contributed by atoms with van der Waals surface area (Å²) >= 11 is 0. The molecule has 1 atom stereocenters. The van der Waals surface area contributed by atoms with Crippen LogP contribution in [0.25, 0.3) is 0 Å². The fraction of sp³-hybridized carbons (Fsp3) is 0.250. The van der Waals surface area contributed by atoms with E-state index in [0.29, 0.717) is 24.3 Å². The van der Waals surface area contributed by atoms with E-state index in [-0.39, 0.29) is 16.4 Å². The van der Waals surface area contributed by atoms with Crippen LogP contribution in [0.3, 0.4) is 0 Å². The fourth-order valence-electron chi connectivity index (χ4n) is 2.57. The van der Waals surface area contributed by atoms with Crippen molar-refractivity contribution in [3.05, 3.63) is 48.0 Å². The number of aliphatic hydroxyl groups is 1. The Morgan fingerprint density at radius 1 is 1.21 bits per heavy atom. The normalized spacial score (nSPS) is 17.9. The molecule has 1 fully saturated rings. The van der Waals surface area contributed by atoms with Crippen molar-refractivity contribution in [3.63, 3.8) is 0 Å². The van der Waals surface area contributed by atoms with E-state index in [1.165, 1.54) is 30.3 Å². The summed E-state index contributed by atoms with van der Waals surface area (Å²) in [4.78, 5) is 1.71. The summed E-state index contributed by atoms with van der Waals surface area (Å²) < 4.78 is 29.8. The second-order valence-corrected chi connectivity index (χ2v) is 7.10. The number of nitrogens with zero attached hydrogens (tertiary/aromatic N) is 1. The number of benzene rings is 2. The zero-order valence-electron chi connectivity index (χ0n) is 13.0. The van der Waals surface area contributed by atoms with Crippen LogP contribution < -0.4 is 14.4 Å². The van der Waals surface area contributed by atoms with Crippen molar-refractivity contribution in [2.45, 2.75) is 18.2 Å². The SMILES string of the molecule is Cc1cc(O)cc(OS(=O)(=O)c2ccc(N3CCNC3O)cc2)c1. The van der Waals surface area contributed by atoms with Gasteiger partial charge in [0, 0.05) is 24.8 Å². The van der Waals surface area contributed by atoms with Gasteiger partial charge in [-0.15, -0.1) is 0 Å². The van der Waals surface area contributed by atoms with E-state index >= 15 is 0 Å². The van der Waals surface area contributed by atoms with Crippen LogP contribution in [0.4, 0.5) is 5.69 Å². The Morgan fingerprint density at radius 3 is 2.50 bits per heavy atom. The molecule has 1 unspecified atom stereocenters. The van der Waals surface area contributed by atoms with Crippen molar-refractivity contribution in [1.29, 1.82) is 0 Å². The summed E-state index contributed by atoms with van der Waals surface area (Å²) in [5, 5.41) is 22.2. The van der Waals surface area contributed by atoms with Crippen molar-refractivity contribution in [1.82, 2.24) is 5.32 Å². The summed E-state index contributed by atoms with van der Waals surface area (Å²) in [5.74, 6) is -0.0122. The van der Waals surface area contributed by atoms with Gasteiger partial charge in [-0.2, -0.15) is 8.42 Å². The molecule has 3 rings (SSSR count). The van der Waals surface area contributed by atoms with Gasteiger partial charge in [-0.25, -0.2) is 0 Å². The van der Waals surface area contributed by atoms with Gasteiger partial charge in [0.15, 0.2) is 6.35 Å². The first-order valence-electron chi connectivity index (χ1n) is 7.38. The molecule has 0 saturated carbocycles. The average Bonchev–Trinajstić information content (AvgIpc) is 2.92. The number of rotatable bonds is 4. The second-order valence-electron chi connectivity index (χ2n) is 5.56. The van der Waals surface area contributed by atoms with Gasteiger partial charge >= 0.3 is 10.1 Å². The van der Waals surface area contributed by atoms with Gasteiger partial charge in [-0.3, -0.25) is 5.32 Å². The third-order valence-corrected chi connectivity index (χ3v) is 4.93. The average molecular weight is 350 g/mol. The van der Waals surface area contributed by atoms with Gasteiger partial charge in [0.1, 0.15) is 16.4 Å². The molecule has 0 aliphatic carbocycles. The summed E-state index contributed by atoms with van der Waals surface area (Å²) in [6.45, 7) is 3.01. The van der Waals surface area contributed by atoms with E-state index in [1.54, 1.807) is 24.0 Å². The molecular weight excluding hydrogens is 332 g/mol. The highest BCUT2D eigenvalue weighted by molar-refractivity contribution is 7.87. The van der Waals surface area contributed by atoms with Crippen LogP contribution in [0.1, 0.15) is 5.56 Å². The number of anilines is 1. The van der Waals surface area contributed by atoms with Crippen LogP contribution in [0.2, 0.25) is 0 Å². The van der Waals surface area contributed by atoms with Crippen molar-refractivity contribution in [2.75, 3.05) is 18.0 Å². The van der Waals surface area contributed by atoms with Crippen LogP contribution >= 0.6 is 0 Å². The van der Waals surface area contributed by atoms with E-state index in [4.69, 9.17) is 4.18 Å². The molecule has 2 aromatic rings.